The number of carbonyl (C=O) groups is 1. The maximum atomic E-state index is 12.2. The van der Waals surface area contributed by atoms with Crippen LogP contribution in [-0.2, 0) is 11.8 Å². The van der Waals surface area contributed by atoms with Crippen molar-refractivity contribution in [3.63, 3.8) is 0 Å². The van der Waals surface area contributed by atoms with Gasteiger partial charge in [-0.25, -0.2) is 0 Å². The molecule has 26 heavy (non-hydrogen) atoms. The van der Waals surface area contributed by atoms with Crippen molar-refractivity contribution in [3.05, 3.63) is 45.3 Å². The number of thioether (sulfide) groups is 1. The van der Waals surface area contributed by atoms with Crippen LogP contribution in [0.5, 0.6) is 0 Å². The van der Waals surface area contributed by atoms with Gasteiger partial charge in [0.05, 0.1) is 33.3 Å². The van der Waals surface area contributed by atoms with Gasteiger partial charge in [-0.2, -0.15) is 0 Å². The first-order valence-electron chi connectivity index (χ1n) is 7.38. The molecule has 0 aliphatic rings. The highest BCUT2D eigenvalue weighted by molar-refractivity contribution is 7.99. The smallest absolute Gasteiger partial charge is 0.234 e. The summed E-state index contributed by atoms with van der Waals surface area (Å²) in [5.74, 6) is 1.26. The van der Waals surface area contributed by atoms with Gasteiger partial charge in [-0.05, 0) is 25.1 Å². The molecule has 3 rings (SSSR count). The van der Waals surface area contributed by atoms with Gasteiger partial charge >= 0.3 is 0 Å². The van der Waals surface area contributed by atoms with Gasteiger partial charge in [-0.1, -0.05) is 46.6 Å². The molecule has 3 aromatic rings. The number of hydrogen-bond acceptors (Lipinski definition) is 5. The first-order chi connectivity index (χ1) is 12.4. The van der Waals surface area contributed by atoms with E-state index in [9.17, 15) is 4.79 Å². The van der Waals surface area contributed by atoms with Crippen LogP contribution in [0, 0.1) is 6.92 Å². The number of aromatic nitrogens is 3. The predicted octanol–water partition coefficient (Wildman–Crippen LogP) is 5.07. The van der Waals surface area contributed by atoms with Crippen molar-refractivity contribution < 1.29 is 9.21 Å². The van der Waals surface area contributed by atoms with Gasteiger partial charge in [0.1, 0.15) is 5.76 Å². The summed E-state index contributed by atoms with van der Waals surface area (Å²) in [7, 11) is 1.83. The molecule has 0 saturated heterocycles. The summed E-state index contributed by atoms with van der Waals surface area (Å²) in [4.78, 5) is 12.2. The number of furan rings is 1. The minimum absolute atomic E-state index is 0.117. The van der Waals surface area contributed by atoms with Gasteiger partial charge < -0.3 is 14.3 Å². The molecule has 1 aromatic carbocycles. The van der Waals surface area contributed by atoms with E-state index in [1.807, 2.05) is 20.0 Å². The van der Waals surface area contributed by atoms with Crippen LogP contribution in [0.25, 0.3) is 11.4 Å². The van der Waals surface area contributed by atoms with Crippen LogP contribution in [0.2, 0.25) is 15.1 Å². The average Bonchev–Trinajstić information content (AvgIpc) is 3.14. The molecule has 0 radical (unpaired) electrons. The van der Waals surface area contributed by atoms with Crippen LogP contribution in [0.4, 0.5) is 5.69 Å². The summed E-state index contributed by atoms with van der Waals surface area (Å²) in [5.41, 5.74) is 1.19. The van der Waals surface area contributed by atoms with E-state index in [2.05, 4.69) is 15.5 Å². The SMILES string of the molecule is Cc1occc1-c1nnc(SCC(=O)Nc2c(Cl)cc(Cl)cc2Cl)n1C. The second-order valence-electron chi connectivity index (χ2n) is 5.34. The van der Waals surface area contributed by atoms with Crippen LogP contribution in [0.3, 0.4) is 0 Å². The highest BCUT2D eigenvalue weighted by Gasteiger charge is 2.17. The summed E-state index contributed by atoms with van der Waals surface area (Å²) in [6.45, 7) is 1.85. The molecule has 10 heteroatoms. The number of amides is 1. The Bertz CT molecular complexity index is 947. The third-order valence-corrected chi connectivity index (χ3v) is 5.37. The minimum atomic E-state index is -0.273. The second kappa shape index (κ2) is 7.92. The number of hydrogen-bond donors (Lipinski definition) is 1. The molecule has 0 aliphatic carbocycles. The molecule has 0 aliphatic heterocycles. The fourth-order valence-corrected chi connectivity index (χ4v) is 3.88. The van der Waals surface area contributed by atoms with Crippen molar-refractivity contribution in [2.45, 2.75) is 12.1 Å². The number of carbonyl (C=O) groups excluding carboxylic acids is 1. The van der Waals surface area contributed by atoms with Gasteiger partial charge in [-0.3, -0.25) is 4.79 Å². The molecule has 0 fully saturated rings. The molecule has 6 nitrogen and oxygen atoms in total. The molecule has 1 amide bonds. The topological polar surface area (TPSA) is 72.9 Å². The lowest BCUT2D eigenvalue weighted by Crippen LogP contribution is -2.15. The molecule has 0 unspecified atom stereocenters. The summed E-state index contributed by atoms with van der Waals surface area (Å²) in [6, 6.07) is 4.85. The Hall–Kier alpha value is -1.67. The van der Waals surface area contributed by atoms with E-state index in [4.69, 9.17) is 39.2 Å². The van der Waals surface area contributed by atoms with Crippen molar-refractivity contribution in [2.75, 3.05) is 11.1 Å². The molecule has 136 valence electrons. The Balaban J connectivity index is 1.68. The zero-order valence-electron chi connectivity index (χ0n) is 13.7. The maximum Gasteiger partial charge on any atom is 0.234 e. The number of nitrogens with one attached hydrogen (secondary N) is 1. The zero-order valence-corrected chi connectivity index (χ0v) is 16.8. The van der Waals surface area contributed by atoms with Gasteiger partial charge in [-0.15, -0.1) is 10.2 Å². The molecular weight excluding hydrogens is 419 g/mol. The highest BCUT2D eigenvalue weighted by atomic mass is 35.5. The molecule has 2 aromatic heterocycles. The fraction of sp³-hybridized carbons (Fsp3) is 0.188. The number of rotatable bonds is 5. The van der Waals surface area contributed by atoms with E-state index in [1.54, 1.807) is 10.8 Å². The number of anilines is 1. The first kappa shape index (κ1) is 19.1. The predicted molar refractivity (Wildman–Crippen MR) is 104 cm³/mol. The van der Waals surface area contributed by atoms with E-state index in [-0.39, 0.29) is 21.7 Å². The van der Waals surface area contributed by atoms with Crippen molar-refractivity contribution >= 4 is 58.2 Å². The number of benzene rings is 1. The first-order valence-corrected chi connectivity index (χ1v) is 9.50. The standard InChI is InChI=1S/C16H13Cl3N4O2S/c1-8-10(3-4-25-8)15-21-22-16(23(15)2)26-7-13(24)20-14-11(18)5-9(17)6-12(14)19/h3-6H,7H2,1-2H3,(H,20,24). The lowest BCUT2D eigenvalue weighted by Gasteiger charge is -2.09. The Kier molecular flexibility index (Phi) is 5.82. The van der Waals surface area contributed by atoms with E-state index in [1.165, 1.54) is 23.9 Å². The van der Waals surface area contributed by atoms with Crippen LogP contribution < -0.4 is 5.32 Å². The van der Waals surface area contributed by atoms with Crippen molar-refractivity contribution in [1.29, 1.82) is 0 Å². The molecule has 0 saturated carbocycles. The monoisotopic (exact) mass is 430 g/mol. The minimum Gasteiger partial charge on any atom is -0.469 e. The van der Waals surface area contributed by atoms with E-state index in [0.29, 0.717) is 21.7 Å². The average molecular weight is 432 g/mol. The lowest BCUT2D eigenvalue weighted by molar-refractivity contribution is -0.113. The van der Waals surface area contributed by atoms with Crippen molar-refractivity contribution in [3.8, 4) is 11.4 Å². The van der Waals surface area contributed by atoms with Crippen LogP contribution in [0.1, 0.15) is 5.76 Å². The third kappa shape index (κ3) is 4.01. The largest absolute Gasteiger partial charge is 0.469 e. The van der Waals surface area contributed by atoms with Crippen LogP contribution >= 0.6 is 46.6 Å². The van der Waals surface area contributed by atoms with Gasteiger partial charge in [0.15, 0.2) is 11.0 Å². The Morgan fingerprint density at radius 3 is 2.58 bits per heavy atom. The third-order valence-electron chi connectivity index (χ3n) is 3.54. The maximum absolute atomic E-state index is 12.2. The number of nitrogens with zero attached hydrogens (tertiary/aromatic N) is 3. The Morgan fingerprint density at radius 1 is 1.27 bits per heavy atom. The summed E-state index contributed by atoms with van der Waals surface area (Å²) < 4.78 is 7.10. The van der Waals surface area contributed by atoms with Crippen LogP contribution in [0.15, 0.2) is 34.0 Å². The van der Waals surface area contributed by atoms with Crippen molar-refractivity contribution in [2.24, 2.45) is 7.05 Å². The molecule has 0 atom stereocenters. The summed E-state index contributed by atoms with van der Waals surface area (Å²) in [5, 5.41) is 12.5. The second-order valence-corrected chi connectivity index (χ2v) is 7.53. The van der Waals surface area contributed by atoms with Gasteiger partial charge in [0, 0.05) is 12.1 Å². The number of aryl methyl sites for hydroxylation is 1. The van der Waals surface area contributed by atoms with Crippen molar-refractivity contribution in [1.82, 2.24) is 14.8 Å². The molecule has 1 N–H and O–H groups in total. The van der Waals surface area contributed by atoms with E-state index < -0.39 is 0 Å². The zero-order chi connectivity index (χ0) is 18.8. The molecular formula is C16H13Cl3N4O2S. The van der Waals surface area contributed by atoms with Gasteiger partial charge in [0.2, 0.25) is 5.91 Å². The normalized spacial score (nSPS) is 11.0. The fourth-order valence-electron chi connectivity index (χ4n) is 2.26. The number of halogens is 3. The van der Waals surface area contributed by atoms with E-state index >= 15 is 0 Å². The lowest BCUT2D eigenvalue weighted by atomic mass is 10.2. The summed E-state index contributed by atoms with van der Waals surface area (Å²) in [6.07, 6.45) is 1.60. The van der Waals surface area contributed by atoms with Crippen LogP contribution in [-0.4, -0.2) is 26.4 Å². The molecule has 2 heterocycles. The Labute approximate surface area is 168 Å². The Morgan fingerprint density at radius 2 is 1.96 bits per heavy atom. The summed E-state index contributed by atoms with van der Waals surface area (Å²) >= 11 is 19.3. The molecule has 0 bridgehead atoms. The molecule has 0 spiro atoms. The quantitative estimate of drug-likeness (QED) is 0.571. The highest BCUT2D eigenvalue weighted by Crippen LogP contribution is 2.34. The van der Waals surface area contributed by atoms with Gasteiger partial charge in [0.25, 0.3) is 0 Å². The van der Waals surface area contributed by atoms with E-state index in [0.717, 1.165) is 11.3 Å².